The van der Waals surface area contributed by atoms with Gasteiger partial charge in [0.2, 0.25) is 5.91 Å². The summed E-state index contributed by atoms with van der Waals surface area (Å²) in [5, 5.41) is 9.05. The fraction of sp³-hybridized carbons (Fsp3) is 0.381. The van der Waals surface area contributed by atoms with E-state index in [0.29, 0.717) is 23.0 Å². The Balaban J connectivity index is 1.65. The van der Waals surface area contributed by atoms with Gasteiger partial charge in [-0.1, -0.05) is 31.7 Å². The predicted molar refractivity (Wildman–Crippen MR) is 108 cm³/mol. The number of amides is 2. The van der Waals surface area contributed by atoms with Crippen LogP contribution in [-0.2, 0) is 4.79 Å². The number of pyridine rings is 1. The maximum atomic E-state index is 12.6. The van der Waals surface area contributed by atoms with E-state index in [2.05, 4.69) is 20.9 Å². The van der Waals surface area contributed by atoms with E-state index < -0.39 is 0 Å². The van der Waals surface area contributed by atoms with Crippen molar-refractivity contribution < 1.29 is 9.59 Å². The van der Waals surface area contributed by atoms with Crippen LogP contribution in [0, 0.1) is 0 Å². The van der Waals surface area contributed by atoms with Crippen LogP contribution < -0.4 is 16.0 Å². The molecule has 0 aliphatic heterocycles. The van der Waals surface area contributed by atoms with Gasteiger partial charge < -0.3 is 16.0 Å². The third kappa shape index (κ3) is 5.81. The molecule has 1 aromatic carbocycles. The molecule has 2 amide bonds. The molecule has 0 saturated heterocycles. The fourth-order valence-corrected chi connectivity index (χ4v) is 3.36. The fourth-order valence-electron chi connectivity index (χ4n) is 3.36. The van der Waals surface area contributed by atoms with E-state index in [1.165, 1.54) is 32.6 Å². The summed E-state index contributed by atoms with van der Waals surface area (Å²) < 4.78 is 0. The standard InChI is InChI=1S/C21H26N4O2/c1-15(26)23-18-9-6-10-19(14-18)25-21(27)16-11-12-22-20(13-16)24-17-7-4-2-3-5-8-17/h6,9-14,17H,2-5,7-8H2,1H3,(H,22,24)(H,23,26)(H,25,27). The minimum atomic E-state index is -0.207. The number of benzene rings is 1. The Morgan fingerprint density at radius 3 is 2.37 bits per heavy atom. The minimum Gasteiger partial charge on any atom is -0.367 e. The maximum absolute atomic E-state index is 12.6. The number of nitrogens with zero attached hydrogens (tertiary/aromatic N) is 1. The van der Waals surface area contributed by atoms with E-state index in [0.717, 1.165) is 18.7 Å². The highest BCUT2D eigenvalue weighted by molar-refractivity contribution is 6.05. The molecule has 0 bridgehead atoms. The number of aromatic nitrogens is 1. The van der Waals surface area contributed by atoms with Crippen molar-refractivity contribution in [3.8, 4) is 0 Å². The van der Waals surface area contributed by atoms with Gasteiger partial charge in [0, 0.05) is 36.1 Å². The van der Waals surface area contributed by atoms with E-state index >= 15 is 0 Å². The second kappa shape index (κ2) is 9.16. The van der Waals surface area contributed by atoms with Crippen LogP contribution in [0.25, 0.3) is 0 Å². The third-order valence-corrected chi connectivity index (χ3v) is 4.67. The van der Waals surface area contributed by atoms with Crippen molar-refractivity contribution in [2.75, 3.05) is 16.0 Å². The lowest BCUT2D eigenvalue weighted by molar-refractivity contribution is -0.114. The van der Waals surface area contributed by atoms with Gasteiger partial charge in [-0.05, 0) is 43.2 Å². The van der Waals surface area contributed by atoms with Gasteiger partial charge in [-0.15, -0.1) is 0 Å². The molecule has 142 valence electrons. The van der Waals surface area contributed by atoms with Crippen molar-refractivity contribution >= 4 is 29.0 Å². The van der Waals surface area contributed by atoms with Crippen molar-refractivity contribution in [1.29, 1.82) is 0 Å². The lowest BCUT2D eigenvalue weighted by Crippen LogP contribution is -2.20. The summed E-state index contributed by atoms with van der Waals surface area (Å²) in [7, 11) is 0. The van der Waals surface area contributed by atoms with Crippen LogP contribution in [0.3, 0.4) is 0 Å². The van der Waals surface area contributed by atoms with Crippen LogP contribution in [0.15, 0.2) is 42.6 Å². The summed E-state index contributed by atoms with van der Waals surface area (Å²) in [6, 6.07) is 11.0. The zero-order chi connectivity index (χ0) is 19.1. The molecule has 1 saturated carbocycles. The molecule has 1 aliphatic carbocycles. The van der Waals surface area contributed by atoms with Gasteiger partial charge in [-0.25, -0.2) is 4.98 Å². The van der Waals surface area contributed by atoms with Gasteiger partial charge in [0.25, 0.3) is 5.91 Å². The van der Waals surface area contributed by atoms with Crippen LogP contribution in [0.1, 0.15) is 55.8 Å². The SMILES string of the molecule is CC(=O)Nc1cccc(NC(=O)c2ccnc(NC3CCCCCC3)c2)c1. The number of anilines is 3. The van der Waals surface area contributed by atoms with Crippen molar-refractivity contribution in [2.45, 2.75) is 51.5 Å². The normalized spacial score (nSPS) is 14.9. The first-order valence-corrected chi connectivity index (χ1v) is 9.52. The summed E-state index contributed by atoms with van der Waals surface area (Å²) in [5.41, 5.74) is 1.82. The Hall–Kier alpha value is -2.89. The number of carbonyl (C=O) groups excluding carboxylic acids is 2. The van der Waals surface area contributed by atoms with Gasteiger partial charge in [-0.2, -0.15) is 0 Å². The van der Waals surface area contributed by atoms with Crippen LogP contribution in [0.5, 0.6) is 0 Å². The van der Waals surface area contributed by atoms with Crippen molar-refractivity contribution in [1.82, 2.24) is 4.98 Å². The number of nitrogens with one attached hydrogen (secondary N) is 3. The highest BCUT2D eigenvalue weighted by Gasteiger charge is 2.14. The number of hydrogen-bond donors (Lipinski definition) is 3. The Kier molecular flexibility index (Phi) is 6.41. The van der Waals surface area contributed by atoms with Crippen molar-refractivity contribution in [3.63, 3.8) is 0 Å². The molecule has 3 N–H and O–H groups in total. The number of hydrogen-bond acceptors (Lipinski definition) is 4. The first-order valence-electron chi connectivity index (χ1n) is 9.52. The molecule has 1 fully saturated rings. The van der Waals surface area contributed by atoms with Crippen LogP contribution in [0.2, 0.25) is 0 Å². The smallest absolute Gasteiger partial charge is 0.255 e. The molecule has 0 unspecified atom stereocenters. The third-order valence-electron chi connectivity index (χ3n) is 4.67. The Morgan fingerprint density at radius 1 is 0.963 bits per heavy atom. The first kappa shape index (κ1) is 18.9. The summed E-state index contributed by atoms with van der Waals surface area (Å²) in [4.78, 5) is 28.1. The van der Waals surface area contributed by atoms with E-state index in [1.54, 1.807) is 42.6 Å². The van der Waals surface area contributed by atoms with Gasteiger partial charge in [0.05, 0.1) is 0 Å². The quantitative estimate of drug-likeness (QED) is 0.684. The van der Waals surface area contributed by atoms with E-state index in [4.69, 9.17) is 0 Å². The van der Waals surface area contributed by atoms with Crippen LogP contribution >= 0.6 is 0 Å². The van der Waals surface area contributed by atoms with Crippen molar-refractivity contribution in [3.05, 3.63) is 48.2 Å². The molecular weight excluding hydrogens is 340 g/mol. The highest BCUT2D eigenvalue weighted by Crippen LogP contribution is 2.21. The molecular formula is C21H26N4O2. The predicted octanol–water partition coefficient (Wildman–Crippen LogP) is 4.43. The van der Waals surface area contributed by atoms with Gasteiger partial charge >= 0.3 is 0 Å². The van der Waals surface area contributed by atoms with Crippen LogP contribution in [-0.4, -0.2) is 22.8 Å². The van der Waals surface area contributed by atoms with E-state index in [1.807, 2.05) is 0 Å². The zero-order valence-electron chi connectivity index (χ0n) is 15.6. The molecule has 0 spiro atoms. The van der Waals surface area contributed by atoms with Gasteiger partial charge in [0.15, 0.2) is 0 Å². The number of rotatable bonds is 5. The lowest BCUT2D eigenvalue weighted by Gasteiger charge is -2.17. The Bertz CT molecular complexity index is 798. The highest BCUT2D eigenvalue weighted by atomic mass is 16.2. The van der Waals surface area contributed by atoms with Gasteiger partial charge in [0.1, 0.15) is 5.82 Å². The summed E-state index contributed by atoms with van der Waals surface area (Å²) in [6.07, 6.45) is 9.02. The molecule has 6 nitrogen and oxygen atoms in total. The Morgan fingerprint density at radius 2 is 1.67 bits per heavy atom. The molecule has 1 aliphatic rings. The monoisotopic (exact) mass is 366 g/mol. The van der Waals surface area contributed by atoms with Crippen LogP contribution in [0.4, 0.5) is 17.2 Å². The summed E-state index contributed by atoms with van der Waals surface area (Å²) in [5.74, 6) is 0.379. The summed E-state index contributed by atoms with van der Waals surface area (Å²) in [6.45, 7) is 1.45. The maximum Gasteiger partial charge on any atom is 0.255 e. The molecule has 3 rings (SSSR count). The molecule has 0 radical (unpaired) electrons. The van der Waals surface area contributed by atoms with E-state index in [-0.39, 0.29) is 11.8 Å². The largest absolute Gasteiger partial charge is 0.367 e. The average molecular weight is 366 g/mol. The van der Waals surface area contributed by atoms with Gasteiger partial charge in [-0.3, -0.25) is 9.59 Å². The van der Waals surface area contributed by atoms with E-state index in [9.17, 15) is 9.59 Å². The second-order valence-electron chi connectivity index (χ2n) is 6.98. The first-order chi connectivity index (χ1) is 13.1. The molecule has 1 heterocycles. The summed E-state index contributed by atoms with van der Waals surface area (Å²) >= 11 is 0. The molecule has 0 atom stereocenters. The topological polar surface area (TPSA) is 83.1 Å². The van der Waals surface area contributed by atoms with Crippen molar-refractivity contribution in [2.24, 2.45) is 0 Å². The number of carbonyl (C=O) groups is 2. The minimum absolute atomic E-state index is 0.151. The zero-order valence-corrected chi connectivity index (χ0v) is 15.6. The lowest BCUT2D eigenvalue weighted by atomic mass is 10.1. The molecule has 27 heavy (non-hydrogen) atoms. The second-order valence-corrected chi connectivity index (χ2v) is 6.98. The molecule has 2 aromatic rings. The average Bonchev–Trinajstić information content (AvgIpc) is 2.90. The molecule has 1 aromatic heterocycles. The molecule has 6 heteroatoms. The Labute approximate surface area is 159 Å².